The minimum atomic E-state index is -0.547. The van der Waals surface area contributed by atoms with Gasteiger partial charge in [-0.2, -0.15) is 0 Å². The van der Waals surface area contributed by atoms with Gasteiger partial charge in [0.15, 0.2) is 5.16 Å². The number of likely N-dealkylation sites (N-methyl/N-ethyl adjacent to an activating group) is 2. The molecule has 0 N–H and O–H groups in total. The number of aromatic nitrogens is 2. The Morgan fingerprint density at radius 3 is 2.73 bits per heavy atom. The van der Waals surface area contributed by atoms with Crippen LogP contribution in [0.1, 0.15) is 31.1 Å². The van der Waals surface area contributed by atoms with Gasteiger partial charge in [0, 0.05) is 45.1 Å². The lowest BCUT2D eigenvalue weighted by Crippen LogP contribution is -2.36. The first-order chi connectivity index (χ1) is 15.6. The van der Waals surface area contributed by atoms with Crippen molar-refractivity contribution in [2.24, 2.45) is 0 Å². The van der Waals surface area contributed by atoms with E-state index in [1.54, 1.807) is 18.1 Å². The van der Waals surface area contributed by atoms with Crippen molar-refractivity contribution in [3.63, 3.8) is 0 Å². The SMILES string of the molecule is CSc1ncc2c(n1)N(C)CCN(c1cccc(OCCN(C)C(=O)OC(C)(C)C)c1)C2=O. The van der Waals surface area contributed by atoms with Crippen molar-refractivity contribution in [2.75, 3.05) is 56.4 Å². The van der Waals surface area contributed by atoms with Crippen LogP contribution in [0.3, 0.4) is 0 Å². The number of benzene rings is 1. The number of rotatable bonds is 6. The van der Waals surface area contributed by atoms with Gasteiger partial charge in [0.1, 0.15) is 29.3 Å². The first kappa shape index (κ1) is 24.6. The second-order valence-corrected chi connectivity index (χ2v) is 9.49. The van der Waals surface area contributed by atoms with Crippen LogP contribution in [0.4, 0.5) is 16.3 Å². The predicted octanol–water partition coefficient (Wildman–Crippen LogP) is 3.54. The highest BCUT2D eigenvalue weighted by molar-refractivity contribution is 7.98. The summed E-state index contributed by atoms with van der Waals surface area (Å²) < 4.78 is 11.2. The zero-order valence-corrected chi connectivity index (χ0v) is 20.8. The average molecular weight is 474 g/mol. The molecule has 0 atom stereocenters. The number of amides is 2. The molecule has 9 nitrogen and oxygen atoms in total. The molecule has 0 saturated heterocycles. The normalized spacial score (nSPS) is 13.9. The third-order valence-electron chi connectivity index (χ3n) is 4.96. The standard InChI is InChI=1S/C23H31N5O4S/c1-23(2,3)32-22(30)27(5)12-13-31-17-9-7-8-16(14-17)28-11-10-26(4)19-18(20(28)29)15-24-21(25-19)33-6/h7-9,14-15H,10-13H2,1-6H3. The highest BCUT2D eigenvalue weighted by atomic mass is 32.2. The molecule has 2 heterocycles. The lowest BCUT2D eigenvalue weighted by molar-refractivity contribution is 0.0278. The number of hydrogen-bond donors (Lipinski definition) is 0. The molecular formula is C23H31N5O4S. The van der Waals surface area contributed by atoms with E-state index in [0.29, 0.717) is 48.5 Å². The van der Waals surface area contributed by atoms with Crippen molar-refractivity contribution >= 4 is 35.3 Å². The Hall–Kier alpha value is -3.01. The van der Waals surface area contributed by atoms with Crippen molar-refractivity contribution in [2.45, 2.75) is 31.5 Å². The van der Waals surface area contributed by atoms with Gasteiger partial charge >= 0.3 is 6.09 Å². The molecule has 33 heavy (non-hydrogen) atoms. The van der Waals surface area contributed by atoms with Crippen molar-refractivity contribution in [3.8, 4) is 5.75 Å². The maximum Gasteiger partial charge on any atom is 0.410 e. The molecule has 2 aromatic rings. The summed E-state index contributed by atoms with van der Waals surface area (Å²) in [6.45, 7) is 7.29. The van der Waals surface area contributed by atoms with Crippen LogP contribution >= 0.6 is 11.8 Å². The predicted molar refractivity (Wildman–Crippen MR) is 130 cm³/mol. The second kappa shape index (κ2) is 10.3. The Morgan fingerprint density at radius 2 is 2.03 bits per heavy atom. The van der Waals surface area contributed by atoms with Crippen LogP contribution in [0, 0.1) is 0 Å². The van der Waals surface area contributed by atoms with Crippen LogP contribution in [0.25, 0.3) is 0 Å². The van der Waals surface area contributed by atoms with E-state index in [0.717, 1.165) is 5.69 Å². The Kier molecular flexibility index (Phi) is 7.68. The van der Waals surface area contributed by atoms with Crippen molar-refractivity contribution in [1.29, 1.82) is 0 Å². The minimum Gasteiger partial charge on any atom is -0.492 e. The molecule has 0 radical (unpaired) electrons. The van der Waals surface area contributed by atoms with E-state index in [4.69, 9.17) is 9.47 Å². The molecule has 1 aromatic heterocycles. The molecule has 1 aliphatic heterocycles. The largest absolute Gasteiger partial charge is 0.492 e. The number of carbonyl (C=O) groups excluding carboxylic acids is 2. The molecule has 0 bridgehead atoms. The molecule has 3 rings (SSSR count). The summed E-state index contributed by atoms with van der Waals surface area (Å²) in [5.41, 5.74) is 0.654. The maximum absolute atomic E-state index is 13.3. The van der Waals surface area contributed by atoms with E-state index in [9.17, 15) is 9.59 Å². The van der Waals surface area contributed by atoms with Crippen LogP contribution in [0.2, 0.25) is 0 Å². The summed E-state index contributed by atoms with van der Waals surface area (Å²) in [5, 5.41) is 0.633. The van der Waals surface area contributed by atoms with Crippen LogP contribution < -0.4 is 14.5 Å². The van der Waals surface area contributed by atoms with E-state index in [2.05, 4.69) is 9.97 Å². The van der Waals surface area contributed by atoms with E-state index >= 15 is 0 Å². The molecule has 10 heteroatoms. The topological polar surface area (TPSA) is 88.1 Å². The van der Waals surface area contributed by atoms with Gasteiger partial charge < -0.3 is 24.2 Å². The molecule has 0 spiro atoms. The number of thioether (sulfide) groups is 1. The third kappa shape index (κ3) is 6.28. The molecule has 1 aliphatic rings. The number of ether oxygens (including phenoxy) is 2. The molecule has 0 saturated carbocycles. The Bertz CT molecular complexity index is 1010. The highest BCUT2D eigenvalue weighted by Gasteiger charge is 2.28. The molecule has 2 amide bonds. The van der Waals surface area contributed by atoms with E-state index in [-0.39, 0.29) is 5.91 Å². The van der Waals surface area contributed by atoms with Gasteiger partial charge in [-0.25, -0.2) is 14.8 Å². The van der Waals surface area contributed by atoms with Crippen LogP contribution in [0.15, 0.2) is 35.6 Å². The maximum atomic E-state index is 13.3. The summed E-state index contributed by atoms with van der Waals surface area (Å²) in [6.07, 6.45) is 3.10. The summed E-state index contributed by atoms with van der Waals surface area (Å²) in [4.78, 5) is 39.4. The van der Waals surface area contributed by atoms with Gasteiger partial charge in [-0.15, -0.1) is 0 Å². The minimum absolute atomic E-state index is 0.149. The molecule has 178 valence electrons. The van der Waals surface area contributed by atoms with Gasteiger partial charge in [-0.3, -0.25) is 4.79 Å². The first-order valence-corrected chi connectivity index (χ1v) is 11.9. The van der Waals surface area contributed by atoms with E-state index in [1.807, 2.05) is 63.2 Å². The number of anilines is 2. The van der Waals surface area contributed by atoms with Crippen molar-refractivity contribution in [1.82, 2.24) is 14.9 Å². The number of fused-ring (bicyclic) bond motifs is 1. The Labute approximate surface area is 199 Å². The van der Waals surface area contributed by atoms with Gasteiger partial charge in [0.2, 0.25) is 0 Å². The van der Waals surface area contributed by atoms with Crippen LogP contribution in [0.5, 0.6) is 5.75 Å². The summed E-state index contributed by atoms with van der Waals surface area (Å²) >= 11 is 1.44. The zero-order valence-electron chi connectivity index (χ0n) is 20.0. The van der Waals surface area contributed by atoms with Gasteiger partial charge in [0.05, 0.1) is 6.54 Å². The van der Waals surface area contributed by atoms with Crippen LogP contribution in [-0.2, 0) is 4.74 Å². The lowest BCUT2D eigenvalue weighted by Gasteiger charge is -2.24. The second-order valence-electron chi connectivity index (χ2n) is 8.72. The van der Waals surface area contributed by atoms with E-state index in [1.165, 1.54) is 16.7 Å². The van der Waals surface area contributed by atoms with E-state index < -0.39 is 11.7 Å². The Balaban J connectivity index is 1.69. The van der Waals surface area contributed by atoms with Crippen molar-refractivity contribution < 1.29 is 19.1 Å². The first-order valence-electron chi connectivity index (χ1n) is 10.7. The molecule has 0 fully saturated rings. The monoisotopic (exact) mass is 473 g/mol. The highest BCUT2D eigenvalue weighted by Crippen LogP contribution is 2.28. The Morgan fingerprint density at radius 1 is 1.27 bits per heavy atom. The number of nitrogens with zero attached hydrogens (tertiary/aromatic N) is 5. The van der Waals surface area contributed by atoms with Gasteiger partial charge in [-0.1, -0.05) is 17.8 Å². The molecular weight excluding hydrogens is 442 g/mol. The number of carbonyl (C=O) groups is 2. The fraction of sp³-hybridized carbons (Fsp3) is 0.478. The lowest BCUT2D eigenvalue weighted by atomic mass is 10.2. The van der Waals surface area contributed by atoms with Gasteiger partial charge in [-0.05, 0) is 39.2 Å². The third-order valence-corrected chi connectivity index (χ3v) is 5.52. The molecule has 1 aromatic carbocycles. The van der Waals surface area contributed by atoms with Crippen molar-refractivity contribution in [3.05, 3.63) is 36.0 Å². The quantitative estimate of drug-likeness (QED) is 0.465. The fourth-order valence-electron chi connectivity index (χ4n) is 3.22. The summed E-state index contributed by atoms with van der Waals surface area (Å²) in [6, 6.07) is 7.37. The smallest absolute Gasteiger partial charge is 0.410 e. The molecule has 0 unspecified atom stereocenters. The summed E-state index contributed by atoms with van der Waals surface area (Å²) in [5.74, 6) is 1.10. The molecule has 0 aliphatic carbocycles. The zero-order chi connectivity index (χ0) is 24.2. The van der Waals surface area contributed by atoms with Gasteiger partial charge in [0.25, 0.3) is 5.91 Å². The summed E-state index contributed by atoms with van der Waals surface area (Å²) in [7, 11) is 3.59. The fourth-order valence-corrected chi connectivity index (χ4v) is 3.56. The average Bonchev–Trinajstić information content (AvgIpc) is 2.89. The van der Waals surface area contributed by atoms with Crippen LogP contribution in [-0.4, -0.2) is 79.1 Å². The number of hydrogen-bond acceptors (Lipinski definition) is 8.